The summed E-state index contributed by atoms with van der Waals surface area (Å²) < 4.78 is 0. The second-order valence-electron chi connectivity index (χ2n) is 2.72. The quantitative estimate of drug-likeness (QED) is 0.506. The maximum atomic E-state index is 4.33. The van der Waals surface area contributed by atoms with E-state index in [2.05, 4.69) is 25.0 Å². The lowest BCUT2D eigenvalue weighted by molar-refractivity contribution is 0.323. The number of nitrogens with zero attached hydrogens (tertiary/aromatic N) is 2. The molecule has 0 aliphatic heterocycles. The van der Waals surface area contributed by atoms with E-state index in [-0.39, 0.29) is 0 Å². The molecule has 1 rings (SSSR count). The van der Waals surface area contributed by atoms with E-state index >= 15 is 0 Å². The molecule has 0 unspecified atom stereocenters. The molecule has 0 spiro atoms. The van der Waals surface area contributed by atoms with Crippen molar-refractivity contribution in [3.05, 3.63) is 35.9 Å². The number of rotatable bonds is 4. The zero-order valence-corrected chi connectivity index (χ0v) is 8.20. The molecule has 1 radical (unpaired) electrons. The van der Waals surface area contributed by atoms with Crippen LogP contribution in [0.25, 0.3) is 0 Å². The minimum Gasteiger partial charge on any atom is -0.298 e. The van der Waals surface area contributed by atoms with Crippen molar-refractivity contribution in [1.82, 2.24) is 5.01 Å². The molecule has 0 saturated heterocycles. The highest BCUT2D eigenvalue weighted by Crippen LogP contribution is 1.95. The van der Waals surface area contributed by atoms with Crippen LogP contribution in [-0.4, -0.2) is 24.3 Å². The molecule has 0 atom stereocenters. The molecule has 0 aliphatic rings. The molecule has 0 N–H and O–H groups in total. The van der Waals surface area contributed by atoms with Crippen LogP contribution in [0.15, 0.2) is 29.4 Å². The SMILES string of the molecule is CCN(CC)N=Cc1cc[c]cc1. The van der Waals surface area contributed by atoms with Crippen LogP contribution in [0.1, 0.15) is 19.4 Å². The monoisotopic (exact) mass is 175 g/mol. The molecule has 13 heavy (non-hydrogen) atoms. The molecular formula is C11H15N2. The molecular weight excluding hydrogens is 160 g/mol. The zero-order valence-electron chi connectivity index (χ0n) is 8.20. The number of benzene rings is 1. The Morgan fingerprint density at radius 1 is 1.31 bits per heavy atom. The van der Waals surface area contributed by atoms with E-state index < -0.39 is 0 Å². The van der Waals surface area contributed by atoms with Crippen LogP contribution in [-0.2, 0) is 0 Å². The number of hydrogen-bond acceptors (Lipinski definition) is 2. The molecule has 69 valence electrons. The predicted molar refractivity (Wildman–Crippen MR) is 55.8 cm³/mol. The minimum atomic E-state index is 0.950. The minimum absolute atomic E-state index is 0.950. The van der Waals surface area contributed by atoms with Crippen molar-refractivity contribution in [2.75, 3.05) is 13.1 Å². The molecule has 0 heterocycles. The first kappa shape index (κ1) is 9.78. The van der Waals surface area contributed by atoms with Gasteiger partial charge in [-0.15, -0.1) is 0 Å². The Hall–Kier alpha value is -1.31. The lowest BCUT2D eigenvalue weighted by atomic mass is 10.2. The van der Waals surface area contributed by atoms with Gasteiger partial charge in [0.15, 0.2) is 0 Å². The maximum absolute atomic E-state index is 4.33. The fourth-order valence-corrected chi connectivity index (χ4v) is 1.02. The van der Waals surface area contributed by atoms with Crippen LogP contribution in [0.3, 0.4) is 0 Å². The highest BCUT2D eigenvalue weighted by molar-refractivity contribution is 5.79. The van der Waals surface area contributed by atoms with Gasteiger partial charge in [-0.2, -0.15) is 5.10 Å². The highest BCUT2D eigenvalue weighted by Gasteiger charge is 1.90. The van der Waals surface area contributed by atoms with Gasteiger partial charge < -0.3 is 0 Å². The Morgan fingerprint density at radius 2 is 1.92 bits per heavy atom. The van der Waals surface area contributed by atoms with Gasteiger partial charge in [0.25, 0.3) is 0 Å². The van der Waals surface area contributed by atoms with E-state index in [1.165, 1.54) is 0 Å². The summed E-state index contributed by atoms with van der Waals surface area (Å²) >= 11 is 0. The van der Waals surface area contributed by atoms with Gasteiger partial charge in [-0.3, -0.25) is 5.01 Å². The topological polar surface area (TPSA) is 15.6 Å². The first-order chi connectivity index (χ1) is 6.36. The van der Waals surface area contributed by atoms with Crippen molar-refractivity contribution in [3.8, 4) is 0 Å². The van der Waals surface area contributed by atoms with Crippen molar-refractivity contribution < 1.29 is 0 Å². The summed E-state index contributed by atoms with van der Waals surface area (Å²) in [5.41, 5.74) is 1.12. The summed E-state index contributed by atoms with van der Waals surface area (Å²) in [5.74, 6) is 0. The van der Waals surface area contributed by atoms with Gasteiger partial charge >= 0.3 is 0 Å². The maximum Gasteiger partial charge on any atom is 0.0542 e. The lowest BCUT2D eigenvalue weighted by Gasteiger charge is -2.12. The Morgan fingerprint density at radius 3 is 2.46 bits per heavy atom. The summed E-state index contributed by atoms with van der Waals surface area (Å²) in [4.78, 5) is 0. The van der Waals surface area contributed by atoms with Crippen LogP contribution in [0.4, 0.5) is 0 Å². The van der Waals surface area contributed by atoms with Gasteiger partial charge in [-0.25, -0.2) is 0 Å². The van der Waals surface area contributed by atoms with Crippen molar-refractivity contribution >= 4 is 6.21 Å². The van der Waals surface area contributed by atoms with Crippen LogP contribution in [0.5, 0.6) is 0 Å². The predicted octanol–water partition coefficient (Wildman–Crippen LogP) is 2.16. The average molecular weight is 175 g/mol. The average Bonchev–Trinajstić information content (AvgIpc) is 2.21. The largest absolute Gasteiger partial charge is 0.298 e. The first-order valence-electron chi connectivity index (χ1n) is 4.61. The van der Waals surface area contributed by atoms with Crippen LogP contribution >= 0.6 is 0 Å². The smallest absolute Gasteiger partial charge is 0.0542 e. The third-order valence-electron chi connectivity index (χ3n) is 1.84. The summed E-state index contributed by atoms with van der Waals surface area (Å²) in [6.07, 6.45) is 1.88. The summed E-state index contributed by atoms with van der Waals surface area (Å²) in [6, 6.07) is 10.7. The van der Waals surface area contributed by atoms with Crippen molar-refractivity contribution in [2.24, 2.45) is 5.10 Å². The summed E-state index contributed by atoms with van der Waals surface area (Å²) in [5, 5.41) is 6.34. The van der Waals surface area contributed by atoms with E-state index in [0.29, 0.717) is 0 Å². The van der Waals surface area contributed by atoms with Crippen molar-refractivity contribution in [3.63, 3.8) is 0 Å². The van der Waals surface area contributed by atoms with E-state index in [9.17, 15) is 0 Å². The van der Waals surface area contributed by atoms with Gasteiger partial charge in [0, 0.05) is 13.1 Å². The van der Waals surface area contributed by atoms with E-state index in [1.807, 2.05) is 35.5 Å². The summed E-state index contributed by atoms with van der Waals surface area (Å²) in [6.45, 7) is 6.09. The molecule has 0 saturated carbocycles. The first-order valence-corrected chi connectivity index (χ1v) is 4.61. The fourth-order valence-electron chi connectivity index (χ4n) is 1.02. The van der Waals surface area contributed by atoms with E-state index in [4.69, 9.17) is 0 Å². The fraction of sp³-hybridized carbons (Fsp3) is 0.364. The van der Waals surface area contributed by atoms with Crippen LogP contribution in [0, 0.1) is 6.07 Å². The second-order valence-corrected chi connectivity index (χ2v) is 2.72. The number of hydrogen-bond donors (Lipinski definition) is 0. The Balaban J connectivity index is 2.57. The van der Waals surface area contributed by atoms with E-state index in [1.54, 1.807) is 0 Å². The van der Waals surface area contributed by atoms with Gasteiger partial charge in [0.05, 0.1) is 6.21 Å². The molecule has 0 aliphatic carbocycles. The zero-order chi connectivity index (χ0) is 9.52. The van der Waals surface area contributed by atoms with Crippen molar-refractivity contribution in [1.29, 1.82) is 0 Å². The molecule has 1 aromatic rings. The molecule has 0 fully saturated rings. The number of hydrazone groups is 1. The summed E-state index contributed by atoms with van der Waals surface area (Å²) in [7, 11) is 0. The highest BCUT2D eigenvalue weighted by atomic mass is 15.4. The molecule has 2 heteroatoms. The van der Waals surface area contributed by atoms with Gasteiger partial charge in [0.2, 0.25) is 0 Å². The molecule has 1 aromatic carbocycles. The van der Waals surface area contributed by atoms with Crippen LogP contribution in [0.2, 0.25) is 0 Å². The normalized spacial score (nSPS) is 10.6. The molecule has 0 amide bonds. The Bertz CT molecular complexity index is 250. The third-order valence-corrected chi connectivity index (χ3v) is 1.84. The van der Waals surface area contributed by atoms with Gasteiger partial charge in [0.1, 0.15) is 0 Å². The Labute approximate surface area is 79.9 Å². The second kappa shape index (κ2) is 5.36. The third kappa shape index (κ3) is 3.28. The van der Waals surface area contributed by atoms with Crippen LogP contribution < -0.4 is 0 Å². The van der Waals surface area contributed by atoms with Gasteiger partial charge in [-0.05, 0) is 25.5 Å². The lowest BCUT2D eigenvalue weighted by Crippen LogP contribution is -2.15. The molecule has 0 bridgehead atoms. The Kier molecular flexibility index (Phi) is 4.03. The molecule has 0 aromatic heterocycles. The van der Waals surface area contributed by atoms with Crippen molar-refractivity contribution in [2.45, 2.75) is 13.8 Å². The molecule has 2 nitrogen and oxygen atoms in total. The standard InChI is InChI=1S/C11H15N2/c1-3-13(4-2)12-10-11-8-6-5-7-9-11/h6-10H,3-4H2,1-2H3. The van der Waals surface area contributed by atoms with E-state index in [0.717, 1.165) is 18.7 Å². The van der Waals surface area contributed by atoms with Gasteiger partial charge in [-0.1, -0.05) is 24.3 Å².